The van der Waals surface area contributed by atoms with Crippen molar-refractivity contribution in [2.45, 2.75) is 42.4 Å². The zero-order chi connectivity index (χ0) is 28.0. The third-order valence-electron chi connectivity index (χ3n) is 5.36. The number of benzene rings is 1. The number of rotatable bonds is 9. The Bertz CT molecular complexity index is 1350. The molecule has 0 spiro atoms. The van der Waals surface area contributed by atoms with Crippen LogP contribution >= 0.6 is 15.2 Å². The molecule has 1 aliphatic rings. The third-order valence-corrected chi connectivity index (χ3v) is 8.78. The molecule has 0 aliphatic carbocycles. The first-order valence-corrected chi connectivity index (χ1v) is 13.3. The van der Waals surface area contributed by atoms with Crippen LogP contribution in [-0.4, -0.2) is 64.4 Å². The Morgan fingerprint density at radius 1 is 0.973 bits per heavy atom. The first-order chi connectivity index (χ1) is 16.9. The fraction of sp³-hybridized carbons (Fsp3) is 0.444. The van der Waals surface area contributed by atoms with Crippen LogP contribution in [0.1, 0.15) is 11.8 Å². The van der Waals surface area contributed by atoms with E-state index < -0.39 is 81.0 Å². The SMILES string of the molecule is O=c1ccn([C@@H]2O[C@H](COP(=O)(O)C(F)(F)P(=O)(O)O)[C@@H](O)[C@H]2O)c(=O)n1CC(F)(F)c1ccccc1. The summed E-state index contributed by atoms with van der Waals surface area (Å²) in [7, 11) is -12.8. The van der Waals surface area contributed by atoms with Crippen molar-refractivity contribution in [2.24, 2.45) is 0 Å². The number of hydrogen-bond donors (Lipinski definition) is 5. The van der Waals surface area contributed by atoms with Gasteiger partial charge in [-0.25, -0.2) is 4.79 Å². The summed E-state index contributed by atoms with van der Waals surface area (Å²) < 4.78 is 88.8. The van der Waals surface area contributed by atoms with Gasteiger partial charge in [-0.05, 0) is 0 Å². The third kappa shape index (κ3) is 5.65. The van der Waals surface area contributed by atoms with Crippen LogP contribution in [0.2, 0.25) is 0 Å². The predicted molar refractivity (Wildman–Crippen MR) is 114 cm³/mol. The van der Waals surface area contributed by atoms with Crippen molar-refractivity contribution in [1.82, 2.24) is 9.13 Å². The number of hydrogen-bond acceptors (Lipinski definition) is 8. The molecular weight excluding hydrogens is 558 g/mol. The second kappa shape index (κ2) is 10.2. The van der Waals surface area contributed by atoms with Gasteiger partial charge in [-0.3, -0.25) is 23.1 Å². The van der Waals surface area contributed by atoms with Crippen LogP contribution in [0.4, 0.5) is 17.6 Å². The lowest BCUT2D eigenvalue weighted by Gasteiger charge is -2.24. The number of ether oxygens (including phenoxy) is 1. The molecule has 2 heterocycles. The molecule has 1 aromatic carbocycles. The first-order valence-electron chi connectivity index (χ1n) is 10.1. The predicted octanol–water partition coefficient (Wildman–Crippen LogP) is 0.351. The number of aliphatic hydroxyl groups excluding tert-OH is 2. The van der Waals surface area contributed by atoms with Crippen LogP contribution in [0, 0.1) is 0 Å². The summed E-state index contributed by atoms with van der Waals surface area (Å²) in [4.78, 5) is 51.5. The van der Waals surface area contributed by atoms with Crippen LogP contribution in [0.5, 0.6) is 0 Å². The molecule has 2 aromatic rings. The fourth-order valence-electron chi connectivity index (χ4n) is 3.36. The number of nitrogens with zero attached hydrogens (tertiary/aromatic N) is 2. The summed E-state index contributed by atoms with van der Waals surface area (Å²) >= 11 is 0. The summed E-state index contributed by atoms with van der Waals surface area (Å²) in [6.45, 7) is -2.84. The van der Waals surface area contributed by atoms with Crippen molar-refractivity contribution < 1.29 is 60.8 Å². The van der Waals surface area contributed by atoms with Gasteiger partial charge in [0.1, 0.15) is 18.3 Å². The standard InChI is InChI=1S/C18H20F4N2O11P2/c19-17(20,10-4-2-1-3-5-10)9-24-12(25)6-7-23(16(24)28)15-14(27)13(26)11(35-15)8-34-37(32,33)18(21,22)36(29,30)31/h1-7,11,13-15,26-27H,8-9H2,(H,32,33)(H2,29,30,31)/t11-,13-,14-,15-/m1/s1. The van der Waals surface area contributed by atoms with E-state index in [9.17, 15) is 51.4 Å². The summed E-state index contributed by atoms with van der Waals surface area (Å²) in [6, 6.07) is 6.89. The second-order valence-corrected chi connectivity index (χ2v) is 11.8. The van der Waals surface area contributed by atoms with Gasteiger partial charge in [0.2, 0.25) is 0 Å². The highest BCUT2D eigenvalue weighted by molar-refractivity contribution is 7.72. The average molecular weight is 578 g/mol. The van der Waals surface area contributed by atoms with Gasteiger partial charge >= 0.3 is 26.3 Å². The average Bonchev–Trinajstić information content (AvgIpc) is 3.09. The van der Waals surface area contributed by atoms with E-state index in [4.69, 9.17) is 14.5 Å². The molecule has 5 atom stereocenters. The van der Waals surface area contributed by atoms with Crippen LogP contribution in [0.3, 0.4) is 0 Å². The number of aliphatic hydroxyl groups is 2. The smallest absolute Gasteiger partial charge is 0.387 e. The molecule has 0 bridgehead atoms. The van der Waals surface area contributed by atoms with E-state index in [0.717, 1.165) is 18.3 Å². The lowest BCUT2D eigenvalue weighted by molar-refractivity contribution is -0.0572. The lowest BCUT2D eigenvalue weighted by Crippen LogP contribution is -2.45. The van der Waals surface area contributed by atoms with E-state index in [1.165, 1.54) is 18.2 Å². The van der Waals surface area contributed by atoms with E-state index in [1.807, 2.05) is 0 Å². The number of halogens is 4. The van der Waals surface area contributed by atoms with E-state index in [-0.39, 0.29) is 4.57 Å². The quantitative estimate of drug-likeness (QED) is 0.203. The molecule has 5 N–H and O–H groups in total. The fourth-order valence-corrected chi connectivity index (χ4v) is 5.35. The van der Waals surface area contributed by atoms with Crippen LogP contribution in [0.15, 0.2) is 52.2 Å². The normalized spacial score (nSPS) is 24.7. The van der Waals surface area contributed by atoms with Crippen molar-refractivity contribution in [1.29, 1.82) is 0 Å². The van der Waals surface area contributed by atoms with Crippen LogP contribution < -0.4 is 11.2 Å². The van der Waals surface area contributed by atoms with Gasteiger partial charge in [0.25, 0.3) is 11.5 Å². The van der Waals surface area contributed by atoms with Crippen molar-refractivity contribution in [2.75, 3.05) is 6.61 Å². The molecule has 1 unspecified atom stereocenters. The van der Waals surface area contributed by atoms with E-state index in [0.29, 0.717) is 10.6 Å². The minimum atomic E-state index is -6.46. The molecule has 19 heteroatoms. The molecule has 1 aliphatic heterocycles. The highest BCUT2D eigenvalue weighted by Gasteiger charge is 2.65. The van der Waals surface area contributed by atoms with Crippen molar-refractivity contribution in [3.63, 3.8) is 0 Å². The minimum Gasteiger partial charge on any atom is -0.387 e. The molecule has 1 aromatic heterocycles. The Morgan fingerprint density at radius 3 is 2.14 bits per heavy atom. The van der Waals surface area contributed by atoms with E-state index in [1.54, 1.807) is 0 Å². The van der Waals surface area contributed by atoms with Crippen molar-refractivity contribution in [3.8, 4) is 0 Å². The Balaban J connectivity index is 1.85. The Morgan fingerprint density at radius 2 is 1.57 bits per heavy atom. The Kier molecular flexibility index (Phi) is 8.07. The summed E-state index contributed by atoms with van der Waals surface area (Å²) in [5, 5.41) is 14.9. The van der Waals surface area contributed by atoms with Gasteiger partial charge in [-0.2, -0.15) is 17.6 Å². The molecule has 1 fully saturated rings. The van der Waals surface area contributed by atoms with Gasteiger partial charge in [-0.15, -0.1) is 0 Å². The van der Waals surface area contributed by atoms with E-state index in [2.05, 4.69) is 4.52 Å². The summed E-state index contributed by atoms with van der Waals surface area (Å²) in [6.07, 6.45) is -7.22. The van der Waals surface area contributed by atoms with Gasteiger partial charge in [0, 0.05) is 17.8 Å². The van der Waals surface area contributed by atoms with Crippen LogP contribution in [0.25, 0.3) is 0 Å². The topological polar surface area (TPSA) is 198 Å². The number of aromatic nitrogens is 2. The lowest BCUT2D eigenvalue weighted by atomic mass is 10.1. The maximum atomic E-state index is 14.7. The zero-order valence-corrected chi connectivity index (χ0v) is 20.0. The molecular formula is C18H20F4N2O11P2. The van der Waals surface area contributed by atoms with Gasteiger partial charge in [-0.1, -0.05) is 30.3 Å². The maximum absolute atomic E-state index is 14.7. The van der Waals surface area contributed by atoms with Crippen LogP contribution in [-0.2, 0) is 30.9 Å². The molecule has 3 rings (SSSR count). The molecule has 13 nitrogen and oxygen atoms in total. The molecule has 0 saturated carbocycles. The highest BCUT2D eigenvalue weighted by atomic mass is 31.2. The molecule has 0 radical (unpaired) electrons. The highest BCUT2D eigenvalue weighted by Crippen LogP contribution is 2.73. The number of alkyl halides is 4. The second-order valence-electron chi connectivity index (χ2n) is 7.92. The van der Waals surface area contributed by atoms with Gasteiger partial charge < -0.3 is 34.2 Å². The first kappa shape index (κ1) is 29.4. The molecule has 206 valence electrons. The molecule has 1 saturated heterocycles. The summed E-state index contributed by atoms with van der Waals surface area (Å²) in [5.41, 5.74) is -3.07. The van der Waals surface area contributed by atoms with Gasteiger partial charge in [0.05, 0.1) is 13.2 Å². The van der Waals surface area contributed by atoms with Crippen molar-refractivity contribution in [3.05, 3.63) is 69.0 Å². The largest absolute Gasteiger partial charge is 0.443 e. The minimum absolute atomic E-state index is 0.127. The monoisotopic (exact) mass is 578 g/mol. The maximum Gasteiger partial charge on any atom is 0.443 e. The Hall–Kier alpha value is -2.20. The molecule has 37 heavy (non-hydrogen) atoms. The Labute approximate surface area is 203 Å². The molecule has 0 amide bonds. The zero-order valence-electron chi connectivity index (χ0n) is 18.3. The van der Waals surface area contributed by atoms with Crippen molar-refractivity contribution >= 4 is 15.2 Å². The summed E-state index contributed by atoms with van der Waals surface area (Å²) in [5.74, 6) is -3.69. The van der Waals surface area contributed by atoms with Gasteiger partial charge in [0.15, 0.2) is 6.23 Å². The van der Waals surface area contributed by atoms with E-state index >= 15 is 0 Å².